The first-order chi connectivity index (χ1) is 11.0. The summed E-state index contributed by atoms with van der Waals surface area (Å²) in [6.07, 6.45) is 0. The van der Waals surface area contributed by atoms with Crippen molar-refractivity contribution in [2.45, 2.75) is 5.75 Å². The first-order valence-corrected chi connectivity index (χ1v) is 8.55. The summed E-state index contributed by atoms with van der Waals surface area (Å²) in [5.41, 5.74) is 1.25. The maximum atomic E-state index is 13.6. The normalized spacial score (nSPS) is 10.4. The fourth-order valence-corrected chi connectivity index (χ4v) is 2.95. The molecule has 3 nitrogen and oxygen atoms in total. The number of methoxy groups -OCH3 is 1. The van der Waals surface area contributed by atoms with E-state index < -0.39 is 5.82 Å². The number of amides is 1. The van der Waals surface area contributed by atoms with Gasteiger partial charge in [-0.2, -0.15) is 0 Å². The summed E-state index contributed by atoms with van der Waals surface area (Å²) in [5, 5.41) is 3.61. The van der Waals surface area contributed by atoms with Crippen molar-refractivity contribution in [3.05, 3.63) is 57.8 Å². The number of rotatable bonds is 6. The highest BCUT2D eigenvalue weighted by molar-refractivity contribution is 7.99. The van der Waals surface area contributed by atoms with E-state index >= 15 is 0 Å². The Morgan fingerprint density at radius 3 is 2.74 bits per heavy atom. The SMILES string of the molecule is COc1ccc(CSCC(=O)Nc2cc(Cl)ccc2Cl)cc1F. The van der Waals surface area contributed by atoms with E-state index in [-0.39, 0.29) is 17.4 Å². The summed E-state index contributed by atoms with van der Waals surface area (Å²) >= 11 is 13.2. The van der Waals surface area contributed by atoms with Gasteiger partial charge in [0.05, 0.1) is 23.6 Å². The van der Waals surface area contributed by atoms with E-state index in [4.69, 9.17) is 27.9 Å². The third-order valence-electron chi connectivity index (χ3n) is 2.92. The lowest BCUT2D eigenvalue weighted by molar-refractivity contribution is -0.113. The van der Waals surface area contributed by atoms with Gasteiger partial charge in [-0.3, -0.25) is 4.79 Å². The number of hydrogen-bond acceptors (Lipinski definition) is 3. The average molecular weight is 374 g/mol. The Bertz CT molecular complexity index is 712. The van der Waals surface area contributed by atoms with Crippen LogP contribution in [0.1, 0.15) is 5.56 Å². The average Bonchev–Trinajstić information content (AvgIpc) is 2.51. The van der Waals surface area contributed by atoms with Crippen molar-refractivity contribution < 1.29 is 13.9 Å². The maximum absolute atomic E-state index is 13.6. The van der Waals surface area contributed by atoms with Crippen LogP contribution in [0.15, 0.2) is 36.4 Å². The van der Waals surface area contributed by atoms with Crippen LogP contribution in [0.2, 0.25) is 10.0 Å². The zero-order valence-corrected chi connectivity index (χ0v) is 14.6. The molecule has 7 heteroatoms. The van der Waals surface area contributed by atoms with Crippen LogP contribution in [0.5, 0.6) is 5.75 Å². The van der Waals surface area contributed by atoms with Crippen molar-refractivity contribution in [3.63, 3.8) is 0 Å². The van der Waals surface area contributed by atoms with Crippen LogP contribution in [0.25, 0.3) is 0 Å². The summed E-state index contributed by atoms with van der Waals surface area (Å²) in [4.78, 5) is 11.9. The summed E-state index contributed by atoms with van der Waals surface area (Å²) in [6.45, 7) is 0. The molecular formula is C16H14Cl2FNO2S. The van der Waals surface area contributed by atoms with Gasteiger partial charge in [-0.05, 0) is 35.9 Å². The van der Waals surface area contributed by atoms with Gasteiger partial charge in [0.25, 0.3) is 0 Å². The molecule has 2 aromatic rings. The molecule has 23 heavy (non-hydrogen) atoms. The minimum atomic E-state index is -0.416. The van der Waals surface area contributed by atoms with E-state index in [1.165, 1.54) is 24.9 Å². The highest BCUT2D eigenvalue weighted by Crippen LogP contribution is 2.26. The number of thioether (sulfide) groups is 1. The Balaban J connectivity index is 1.85. The molecule has 0 heterocycles. The number of anilines is 1. The molecule has 0 radical (unpaired) electrons. The topological polar surface area (TPSA) is 38.3 Å². The highest BCUT2D eigenvalue weighted by Gasteiger charge is 2.08. The molecular weight excluding hydrogens is 360 g/mol. The number of carbonyl (C=O) groups is 1. The Kier molecular flexibility index (Phi) is 6.57. The van der Waals surface area contributed by atoms with Crippen molar-refractivity contribution in [3.8, 4) is 5.75 Å². The van der Waals surface area contributed by atoms with Crippen LogP contribution in [0.3, 0.4) is 0 Å². The predicted molar refractivity (Wildman–Crippen MR) is 94.2 cm³/mol. The molecule has 122 valence electrons. The van der Waals surface area contributed by atoms with E-state index in [0.717, 1.165) is 5.56 Å². The lowest BCUT2D eigenvalue weighted by Crippen LogP contribution is -2.14. The second kappa shape index (κ2) is 8.43. The van der Waals surface area contributed by atoms with Gasteiger partial charge in [0.15, 0.2) is 11.6 Å². The molecule has 0 unspecified atom stereocenters. The van der Waals surface area contributed by atoms with Gasteiger partial charge in [-0.25, -0.2) is 4.39 Å². The third-order valence-corrected chi connectivity index (χ3v) is 4.49. The van der Waals surface area contributed by atoms with Crippen LogP contribution in [0.4, 0.5) is 10.1 Å². The number of carbonyl (C=O) groups excluding carboxylic acids is 1. The molecule has 2 aromatic carbocycles. The summed E-state index contributed by atoms with van der Waals surface area (Å²) < 4.78 is 18.4. The fraction of sp³-hybridized carbons (Fsp3) is 0.188. The smallest absolute Gasteiger partial charge is 0.234 e. The maximum Gasteiger partial charge on any atom is 0.234 e. The molecule has 0 fully saturated rings. The van der Waals surface area contributed by atoms with Crippen LogP contribution in [-0.2, 0) is 10.5 Å². The zero-order chi connectivity index (χ0) is 16.8. The molecule has 0 aliphatic heterocycles. The number of halogens is 3. The Labute approximate surface area is 148 Å². The second-order valence-corrected chi connectivity index (χ2v) is 6.46. The van der Waals surface area contributed by atoms with Crippen LogP contribution in [0, 0.1) is 5.82 Å². The van der Waals surface area contributed by atoms with E-state index in [0.29, 0.717) is 21.5 Å². The van der Waals surface area contributed by atoms with E-state index in [1.807, 2.05) is 0 Å². The molecule has 0 aromatic heterocycles. The molecule has 0 saturated carbocycles. The molecule has 0 atom stereocenters. The number of nitrogens with one attached hydrogen (secondary N) is 1. The van der Waals surface area contributed by atoms with Gasteiger partial charge >= 0.3 is 0 Å². The number of ether oxygens (including phenoxy) is 1. The highest BCUT2D eigenvalue weighted by atomic mass is 35.5. The minimum absolute atomic E-state index is 0.201. The van der Waals surface area contributed by atoms with Crippen molar-refractivity contribution in [2.24, 2.45) is 0 Å². The quantitative estimate of drug-likeness (QED) is 0.772. The molecule has 0 aliphatic carbocycles. The molecule has 0 saturated heterocycles. The summed E-state index contributed by atoms with van der Waals surface area (Å²) in [7, 11) is 1.41. The first kappa shape index (κ1) is 17.9. The van der Waals surface area contributed by atoms with E-state index in [2.05, 4.69) is 5.32 Å². The molecule has 2 rings (SSSR count). The minimum Gasteiger partial charge on any atom is -0.494 e. The van der Waals surface area contributed by atoms with Gasteiger partial charge < -0.3 is 10.1 Å². The zero-order valence-electron chi connectivity index (χ0n) is 12.2. The van der Waals surface area contributed by atoms with Crippen molar-refractivity contribution >= 4 is 46.6 Å². The fourth-order valence-electron chi connectivity index (χ4n) is 1.84. The summed E-state index contributed by atoms with van der Waals surface area (Å²) in [5.74, 6) is 0.315. The Morgan fingerprint density at radius 1 is 1.26 bits per heavy atom. The van der Waals surface area contributed by atoms with E-state index in [9.17, 15) is 9.18 Å². The molecule has 0 aliphatic rings. The lowest BCUT2D eigenvalue weighted by Gasteiger charge is -2.08. The van der Waals surface area contributed by atoms with Gasteiger partial charge in [-0.1, -0.05) is 29.3 Å². The second-order valence-electron chi connectivity index (χ2n) is 4.63. The number of hydrogen-bond donors (Lipinski definition) is 1. The molecule has 1 amide bonds. The van der Waals surface area contributed by atoms with Crippen molar-refractivity contribution in [1.82, 2.24) is 0 Å². The standard InChI is InChI=1S/C16H14Cl2FNO2S/c1-22-15-5-2-10(6-13(15)19)8-23-9-16(21)20-14-7-11(17)3-4-12(14)18/h2-7H,8-9H2,1H3,(H,20,21). The number of benzene rings is 2. The molecule has 1 N–H and O–H groups in total. The predicted octanol–water partition coefficient (Wildman–Crippen LogP) is 5.01. The molecule has 0 spiro atoms. The lowest BCUT2D eigenvalue weighted by atomic mass is 10.2. The van der Waals surface area contributed by atoms with E-state index in [1.54, 1.807) is 30.3 Å². The van der Waals surface area contributed by atoms with Crippen LogP contribution in [-0.4, -0.2) is 18.8 Å². The van der Waals surface area contributed by atoms with Crippen molar-refractivity contribution in [1.29, 1.82) is 0 Å². The van der Waals surface area contributed by atoms with Gasteiger partial charge in [0.1, 0.15) is 0 Å². The Morgan fingerprint density at radius 2 is 2.04 bits per heavy atom. The van der Waals surface area contributed by atoms with Gasteiger partial charge in [0.2, 0.25) is 5.91 Å². The third kappa shape index (κ3) is 5.30. The van der Waals surface area contributed by atoms with Gasteiger partial charge in [-0.15, -0.1) is 11.8 Å². The van der Waals surface area contributed by atoms with Crippen LogP contribution >= 0.6 is 35.0 Å². The monoisotopic (exact) mass is 373 g/mol. The van der Waals surface area contributed by atoms with Gasteiger partial charge in [0, 0.05) is 10.8 Å². The Hall–Kier alpha value is -1.43. The van der Waals surface area contributed by atoms with Crippen LogP contribution < -0.4 is 10.1 Å². The molecule has 0 bridgehead atoms. The van der Waals surface area contributed by atoms with Crippen molar-refractivity contribution in [2.75, 3.05) is 18.2 Å². The largest absolute Gasteiger partial charge is 0.494 e. The first-order valence-electron chi connectivity index (χ1n) is 6.64. The summed E-state index contributed by atoms with van der Waals surface area (Å²) in [6, 6.07) is 9.58.